The molecule has 1 rings (SSSR count). The van der Waals surface area contributed by atoms with Gasteiger partial charge in [0.1, 0.15) is 12.4 Å². The third-order valence-corrected chi connectivity index (χ3v) is 2.89. The average Bonchev–Trinajstić information content (AvgIpc) is 2.43. The van der Waals surface area contributed by atoms with Gasteiger partial charge < -0.3 is 9.64 Å². The van der Waals surface area contributed by atoms with Crippen LogP contribution >= 0.6 is 0 Å². The fraction of sp³-hybridized carbons (Fsp3) is 0.400. The van der Waals surface area contributed by atoms with Crippen LogP contribution in [0.3, 0.4) is 0 Å². The topological polar surface area (TPSA) is 29.5 Å². The van der Waals surface area contributed by atoms with Gasteiger partial charge >= 0.3 is 0 Å². The number of likely N-dealkylation sites (N-methyl/N-ethyl adjacent to an activating group) is 1. The fourth-order valence-electron chi connectivity index (χ4n) is 1.67. The maximum absolute atomic E-state index is 11.3. The molecular weight excluding hydrogens is 226 g/mol. The summed E-state index contributed by atoms with van der Waals surface area (Å²) in [7, 11) is 0. The molecule has 0 heterocycles. The van der Waals surface area contributed by atoms with Crippen molar-refractivity contribution in [1.29, 1.82) is 0 Å². The summed E-state index contributed by atoms with van der Waals surface area (Å²) in [6.45, 7) is 11.4. The number of carbonyl (C=O) groups is 1. The lowest BCUT2D eigenvalue weighted by Crippen LogP contribution is -2.27. The van der Waals surface area contributed by atoms with Gasteiger partial charge in [0.05, 0.1) is 0 Å². The van der Waals surface area contributed by atoms with E-state index in [9.17, 15) is 4.79 Å². The molecule has 0 atom stereocenters. The second-order valence-electron chi connectivity index (χ2n) is 3.97. The highest BCUT2D eigenvalue weighted by molar-refractivity contribution is 6.04. The molecule has 3 heteroatoms. The first kappa shape index (κ1) is 14.5. The minimum Gasteiger partial charge on any atom is -0.492 e. The number of nitrogens with zero attached hydrogens (tertiary/aromatic N) is 1. The van der Waals surface area contributed by atoms with Crippen LogP contribution in [-0.4, -0.2) is 36.9 Å². The first-order valence-corrected chi connectivity index (χ1v) is 6.33. The molecular formula is C15H21NO2. The van der Waals surface area contributed by atoms with Gasteiger partial charge in [-0.3, -0.25) is 4.79 Å². The van der Waals surface area contributed by atoms with E-state index < -0.39 is 0 Å². The van der Waals surface area contributed by atoms with Gasteiger partial charge in [0.15, 0.2) is 5.78 Å². The second-order valence-corrected chi connectivity index (χ2v) is 3.97. The van der Waals surface area contributed by atoms with Crippen molar-refractivity contribution < 1.29 is 9.53 Å². The number of carbonyl (C=O) groups excluding carboxylic acids is 1. The summed E-state index contributed by atoms with van der Waals surface area (Å²) in [5.74, 6) is 0.729. The SMILES string of the molecule is C=CC(=O)c1ccc(OCCN(CC)CC)cc1. The van der Waals surface area contributed by atoms with Gasteiger partial charge in [-0.1, -0.05) is 20.4 Å². The van der Waals surface area contributed by atoms with Crippen LogP contribution in [0, 0.1) is 0 Å². The molecule has 0 spiro atoms. The highest BCUT2D eigenvalue weighted by Gasteiger charge is 2.02. The van der Waals surface area contributed by atoms with Crippen molar-refractivity contribution >= 4 is 5.78 Å². The molecule has 0 saturated carbocycles. The molecule has 0 saturated heterocycles. The zero-order chi connectivity index (χ0) is 13.4. The number of rotatable bonds is 8. The van der Waals surface area contributed by atoms with Gasteiger partial charge in [-0.05, 0) is 43.4 Å². The quantitative estimate of drug-likeness (QED) is 0.522. The Balaban J connectivity index is 2.44. The highest BCUT2D eigenvalue weighted by atomic mass is 16.5. The van der Waals surface area contributed by atoms with E-state index in [-0.39, 0.29) is 5.78 Å². The van der Waals surface area contributed by atoms with E-state index >= 15 is 0 Å². The standard InChI is InChI=1S/C15H21NO2/c1-4-15(17)13-7-9-14(10-8-13)18-12-11-16(5-2)6-3/h4,7-10H,1,5-6,11-12H2,2-3H3. The minimum atomic E-state index is -0.0651. The molecule has 0 aromatic heterocycles. The highest BCUT2D eigenvalue weighted by Crippen LogP contribution is 2.12. The van der Waals surface area contributed by atoms with Crippen molar-refractivity contribution in [1.82, 2.24) is 4.90 Å². The van der Waals surface area contributed by atoms with Crippen LogP contribution in [0.25, 0.3) is 0 Å². The Kier molecular flexibility index (Phi) is 6.15. The molecule has 1 aromatic carbocycles. The third-order valence-electron chi connectivity index (χ3n) is 2.89. The average molecular weight is 247 g/mol. The lowest BCUT2D eigenvalue weighted by Gasteiger charge is -2.17. The van der Waals surface area contributed by atoms with Crippen LogP contribution in [0.1, 0.15) is 24.2 Å². The lowest BCUT2D eigenvalue weighted by atomic mass is 10.1. The molecule has 0 fully saturated rings. The maximum Gasteiger partial charge on any atom is 0.185 e. The van der Waals surface area contributed by atoms with E-state index in [1.165, 1.54) is 6.08 Å². The van der Waals surface area contributed by atoms with Crippen LogP contribution in [0.5, 0.6) is 5.75 Å². The van der Waals surface area contributed by atoms with Crippen LogP contribution in [-0.2, 0) is 0 Å². The van der Waals surface area contributed by atoms with E-state index in [0.717, 1.165) is 25.4 Å². The smallest absolute Gasteiger partial charge is 0.185 e. The van der Waals surface area contributed by atoms with Gasteiger partial charge in [-0.25, -0.2) is 0 Å². The first-order valence-electron chi connectivity index (χ1n) is 6.33. The number of hydrogen-bond donors (Lipinski definition) is 0. The van der Waals surface area contributed by atoms with Gasteiger partial charge in [0.2, 0.25) is 0 Å². The minimum absolute atomic E-state index is 0.0651. The molecule has 0 amide bonds. The number of hydrogen-bond acceptors (Lipinski definition) is 3. The van der Waals surface area contributed by atoms with Crippen LogP contribution in [0.15, 0.2) is 36.9 Å². The number of ketones is 1. The predicted octanol–water partition coefficient (Wildman–Crippen LogP) is 2.78. The normalized spacial score (nSPS) is 10.4. The van der Waals surface area contributed by atoms with Crippen molar-refractivity contribution in [2.45, 2.75) is 13.8 Å². The van der Waals surface area contributed by atoms with Crippen molar-refractivity contribution in [3.63, 3.8) is 0 Å². The molecule has 0 aliphatic heterocycles. The van der Waals surface area contributed by atoms with Gasteiger partial charge in [0.25, 0.3) is 0 Å². The number of ether oxygens (including phenoxy) is 1. The Labute approximate surface area is 109 Å². The zero-order valence-electron chi connectivity index (χ0n) is 11.2. The van der Waals surface area contributed by atoms with E-state index in [1.54, 1.807) is 12.1 Å². The zero-order valence-corrected chi connectivity index (χ0v) is 11.2. The van der Waals surface area contributed by atoms with Crippen LogP contribution in [0.4, 0.5) is 0 Å². The summed E-state index contributed by atoms with van der Waals surface area (Å²) in [6.07, 6.45) is 1.32. The Bertz CT molecular complexity index is 380. The molecule has 18 heavy (non-hydrogen) atoms. The van der Waals surface area contributed by atoms with Crippen LogP contribution < -0.4 is 4.74 Å². The molecule has 0 unspecified atom stereocenters. The molecule has 0 bridgehead atoms. The third kappa shape index (κ3) is 4.34. The number of allylic oxidation sites excluding steroid dienone is 1. The number of benzene rings is 1. The molecule has 0 aliphatic carbocycles. The molecule has 0 aliphatic rings. The van der Waals surface area contributed by atoms with Crippen molar-refractivity contribution in [3.8, 4) is 5.75 Å². The Hall–Kier alpha value is -1.61. The Morgan fingerprint density at radius 2 is 1.89 bits per heavy atom. The van der Waals surface area contributed by atoms with E-state index in [1.807, 2.05) is 12.1 Å². The summed E-state index contributed by atoms with van der Waals surface area (Å²) in [4.78, 5) is 13.6. The summed E-state index contributed by atoms with van der Waals surface area (Å²) >= 11 is 0. The summed E-state index contributed by atoms with van der Waals surface area (Å²) in [5.41, 5.74) is 0.640. The predicted molar refractivity (Wildman–Crippen MR) is 74.3 cm³/mol. The van der Waals surface area contributed by atoms with E-state index in [4.69, 9.17) is 4.74 Å². The molecule has 0 radical (unpaired) electrons. The van der Waals surface area contributed by atoms with E-state index in [2.05, 4.69) is 25.3 Å². The lowest BCUT2D eigenvalue weighted by molar-refractivity contribution is 0.104. The monoisotopic (exact) mass is 247 g/mol. The first-order chi connectivity index (χ1) is 8.71. The van der Waals surface area contributed by atoms with Gasteiger partial charge in [0, 0.05) is 12.1 Å². The Morgan fingerprint density at radius 3 is 2.39 bits per heavy atom. The Morgan fingerprint density at radius 1 is 1.28 bits per heavy atom. The summed E-state index contributed by atoms with van der Waals surface area (Å²) in [6, 6.07) is 7.16. The molecule has 3 nitrogen and oxygen atoms in total. The maximum atomic E-state index is 11.3. The largest absolute Gasteiger partial charge is 0.492 e. The fourth-order valence-corrected chi connectivity index (χ4v) is 1.67. The van der Waals surface area contributed by atoms with Crippen LogP contribution in [0.2, 0.25) is 0 Å². The second kappa shape index (κ2) is 7.67. The molecule has 0 N–H and O–H groups in total. The van der Waals surface area contributed by atoms with Crippen molar-refractivity contribution in [3.05, 3.63) is 42.5 Å². The van der Waals surface area contributed by atoms with Crippen molar-refractivity contribution in [2.75, 3.05) is 26.2 Å². The molecule has 98 valence electrons. The molecule has 1 aromatic rings. The van der Waals surface area contributed by atoms with Crippen molar-refractivity contribution in [2.24, 2.45) is 0 Å². The van der Waals surface area contributed by atoms with Gasteiger partial charge in [-0.2, -0.15) is 0 Å². The van der Waals surface area contributed by atoms with E-state index in [0.29, 0.717) is 12.2 Å². The van der Waals surface area contributed by atoms with Gasteiger partial charge in [-0.15, -0.1) is 0 Å². The summed E-state index contributed by atoms with van der Waals surface area (Å²) < 4.78 is 5.63. The summed E-state index contributed by atoms with van der Waals surface area (Å²) in [5, 5.41) is 0.